The third-order valence-corrected chi connectivity index (χ3v) is 4.95. The van der Waals surface area contributed by atoms with E-state index >= 15 is 0 Å². The minimum absolute atomic E-state index is 0.0874. The van der Waals surface area contributed by atoms with Crippen molar-refractivity contribution in [1.29, 1.82) is 5.26 Å². The Balaban J connectivity index is 1.73. The number of halogens is 4. The molecule has 0 aliphatic carbocycles. The Morgan fingerprint density at radius 3 is 2.58 bits per heavy atom. The van der Waals surface area contributed by atoms with Gasteiger partial charge >= 0.3 is 12.2 Å². The Bertz CT molecular complexity index is 1580. The lowest BCUT2D eigenvalue weighted by Crippen LogP contribution is -2.25. The average molecular weight is 516 g/mol. The normalized spacial score (nSPS) is 10.8. The molecule has 9 nitrogen and oxygen atoms in total. The lowest BCUT2D eigenvalue weighted by molar-refractivity contribution is -0.0544. The van der Waals surface area contributed by atoms with Crippen molar-refractivity contribution >= 4 is 11.6 Å². The molecule has 2 aromatic heterocycles. The standard InChI is InChI=1S/C23H13ClF3N5O4/c24-14-5-12(9-28)6-17(7-14)35-19-21(36-23(26)27)29-11-32(22(19)34)10-16-8-18(20(33)31-30-16)13-1-3-15(25)4-2-13/h1-8,11,23H,10H2,(H,31,33). The zero-order valence-corrected chi connectivity index (χ0v) is 18.7. The number of rotatable bonds is 7. The van der Waals surface area contributed by atoms with Gasteiger partial charge in [-0.05, 0) is 42.0 Å². The van der Waals surface area contributed by atoms with Crippen LogP contribution in [0.3, 0.4) is 0 Å². The third kappa shape index (κ3) is 5.53. The van der Waals surface area contributed by atoms with E-state index in [9.17, 15) is 22.8 Å². The van der Waals surface area contributed by atoms with E-state index in [1.807, 2.05) is 6.07 Å². The van der Waals surface area contributed by atoms with Gasteiger partial charge in [-0.25, -0.2) is 9.49 Å². The number of alkyl halides is 2. The molecule has 0 atom stereocenters. The fraction of sp³-hybridized carbons (Fsp3) is 0.0870. The van der Waals surface area contributed by atoms with Gasteiger partial charge in [0.1, 0.15) is 17.9 Å². The monoisotopic (exact) mass is 515 g/mol. The van der Waals surface area contributed by atoms with Gasteiger partial charge in [0, 0.05) is 5.02 Å². The molecular formula is C23H13ClF3N5O4. The van der Waals surface area contributed by atoms with Crippen LogP contribution < -0.4 is 20.6 Å². The lowest BCUT2D eigenvalue weighted by Gasteiger charge is -2.13. The molecule has 0 amide bonds. The molecule has 0 aliphatic heterocycles. The zero-order valence-electron chi connectivity index (χ0n) is 17.9. The molecular weight excluding hydrogens is 503 g/mol. The highest BCUT2D eigenvalue weighted by molar-refractivity contribution is 6.30. The van der Waals surface area contributed by atoms with Gasteiger partial charge in [-0.15, -0.1) is 0 Å². The fourth-order valence-corrected chi connectivity index (χ4v) is 3.40. The Labute approximate surface area is 204 Å². The number of hydrogen-bond donors (Lipinski definition) is 1. The van der Waals surface area contributed by atoms with Crippen LogP contribution in [-0.4, -0.2) is 26.4 Å². The van der Waals surface area contributed by atoms with Crippen LogP contribution in [0.2, 0.25) is 5.02 Å². The maximum Gasteiger partial charge on any atom is 0.388 e. The molecule has 0 unspecified atom stereocenters. The third-order valence-electron chi connectivity index (χ3n) is 4.73. The smallest absolute Gasteiger partial charge is 0.388 e. The summed E-state index contributed by atoms with van der Waals surface area (Å²) in [6, 6.07) is 12.3. The van der Waals surface area contributed by atoms with Crippen LogP contribution in [0.4, 0.5) is 13.2 Å². The van der Waals surface area contributed by atoms with Gasteiger partial charge in [0.2, 0.25) is 0 Å². The van der Waals surface area contributed by atoms with Crippen molar-refractivity contribution in [3.63, 3.8) is 0 Å². The topological polar surface area (TPSA) is 123 Å². The van der Waals surface area contributed by atoms with E-state index in [4.69, 9.17) is 21.6 Å². The van der Waals surface area contributed by atoms with Crippen LogP contribution in [0.25, 0.3) is 11.1 Å². The highest BCUT2D eigenvalue weighted by Crippen LogP contribution is 2.30. The lowest BCUT2D eigenvalue weighted by atomic mass is 10.1. The maximum atomic E-state index is 13.2. The quantitative estimate of drug-likeness (QED) is 0.393. The van der Waals surface area contributed by atoms with Crippen molar-refractivity contribution in [2.45, 2.75) is 13.2 Å². The van der Waals surface area contributed by atoms with Crippen LogP contribution in [-0.2, 0) is 6.54 Å². The van der Waals surface area contributed by atoms with Crippen molar-refractivity contribution < 1.29 is 22.6 Å². The van der Waals surface area contributed by atoms with Gasteiger partial charge < -0.3 is 9.47 Å². The summed E-state index contributed by atoms with van der Waals surface area (Å²) >= 11 is 5.94. The molecule has 0 saturated heterocycles. The molecule has 2 aromatic carbocycles. The van der Waals surface area contributed by atoms with E-state index in [1.165, 1.54) is 48.5 Å². The first-order valence-electron chi connectivity index (χ1n) is 10.0. The minimum atomic E-state index is -3.30. The van der Waals surface area contributed by atoms with Gasteiger partial charge in [-0.1, -0.05) is 23.7 Å². The molecule has 13 heteroatoms. The maximum absolute atomic E-state index is 13.2. The zero-order chi connectivity index (χ0) is 25.8. The number of aromatic nitrogens is 4. The molecule has 4 rings (SSSR count). The van der Waals surface area contributed by atoms with E-state index in [2.05, 4.69) is 19.9 Å². The molecule has 182 valence electrons. The van der Waals surface area contributed by atoms with Crippen LogP contribution in [0.1, 0.15) is 11.3 Å². The van der Waals surface area contributed by atoms with Gasteiger partial charge in [-0.2, -0.15) is 24.1 Å². The van der Waals surface area contributed by atoms with Gasteiger partial charge in [0.05, 0.1) is 29.4 Å². The van der Waals surface area contributed by atoms with E-state index < -0.39 is 35.2 Å². The number of nitrogens with zero attached hydrogens (tertiary/aromatic N) is 4. The number of nitriles is 1. The van der Waals surface area contributed by atoms with E-state index in [1.54, 1.807) is 0 Å². The number of benzene rings is 2. The van der Waals surface area contributed by atoms with Crippen molar-refractivity contribution in [3.05, 3.63) is 97.7 Å². The van der Waals surface area contributed by atoms with E-state index in [-0.39, 0.29) is 34.1 Å². The number of H-pyrrole nitrogens is 1. The van der Waals surface area contributed by atoms with Crippen LogP contribution in [0.15, 0.2) is 64.4 Å². The van der Waals surface area contributed by atoms with Gasteiger partial charge in [0.15, 0.2) is 0 Å². The fourth-order valence-electron chi connectivity index (χ4n) is 3.17. The molecule has 4 aromatic rings. The molecule has 0 saturated carbocycles. The Morgan fingerprint density at radius 2 is 1.89 bits per heavy atom. The van der Waals surface area contributed by atoms with E-state index in [0.717, 1.165) is 10.9 Å². The first kappa shape index (κ1) is 24.5. The second-order valence-corrected chi connectivity index (χ2v) is 7.63. The van der Waals surface area contributed by atoms with Gasteiger partial charge in [-0.3, -0.25) is 14.2 Å². The van der Waals surface area contributed by atoms with Crippen molar-refractivity contribution in [3.8, 4) is 34.6 Å². The van der Waals surface area contributed by atoms with E-state index in [0.29, 0.717) is 5.56 Å². The number of aromatic amines is 1. The molecule has 0 bridgehead atoms. The summed E-state index contributed by atoms with van der Waals surface area (Å²) in [5, 5.41) is 15.4. The summed E-state index contributed by atoms with van der Waals surface area (Å²) in [4.78, 5) is 29.1. The Kier molecular flexibility index (Phi) is 7.03. The molecule has 0 fully saturated rings. The number of ether oxygens (including phenoxy) is 2. The molecule has 0 spiro atoms. The predicted octanol–water partition coefficient (Wildman–Crippen LogP) is 4.10. The summed E-state index contributed by atoms with van der Waals surface area (Å²) in [5.74, 6) is -2.05. The average Bonchev–Trinajstić information content (AvgIpc) is 2.84. The van der Waals surface area contributed by atoms with Crippen LogP contribution >= 0.6 is 11.6 Å². The number of nitrogens with one attached hydrogen (secondary N) is 1. The van der Waals surface area contributed by atoms with Crippen molar-refractivity contribution in [2.75, 3.05) is 0 Å². The second-order valence-electron chi connectivity index (χ2n) is 7.19. The molecule has 1 N–H and O–H groups in total. The Morgan fingerprint density at radius 1 is 1.14 bits per heavy atom. The first-order valence-corrected chi connectivity index (χ1v) is 10.4. The SMILES string of the molecule is N#Cc1cc(Cl)cc(Oc2c(OC(F)F)ncn(Cc3cc(-c4ccc(F)cc4)c(=O)[nH]n3)c2=O)c1. The van der Waals surface area contributed by atoms with Crippen LogP contribution in [0, 0.1) is 17.1 Å². The van der Waals surface area contributed by atoms with Crippen molar-refractivity contribution in [1.82, 2.24) is 19.7 Å². The predicted molar refractivity (Wildman–Crippen MR) is 121 cm³/mol. The minimum Gasteiger partial charge on any atom is -0.446 e. The highest BCUT2D eigenvalue weighted by Gasteiger charge is 2.20. The first-order chi connectivity index (χ1) is 17.2. The number of hydrogen-bond acceptors (Lipinski definition) is 7. The molecule has 0 aliphatic rings. The summed E-state index contributed by atoms with van der Waals surface area (Å²) in [7, 11) is 0. The summed E-state index contributed by atoms with van der Waals surface area (Å²) < 4.78 is 49.8. The summed E-state index contributed by atoms with van der Waals surface area (Å²) in [6.45, 7) is -3.55. The molecule has 2 heterocycles. The summed E-state index contributed by atoms with van der Waals surface area (Å²) in [6.07, 6.45) is 0.940. The Hall–Kier alpha value is -4.63. The largest absolute Gasteiger partial charge is 0.446 e. The molecule has 36 heavy (non-hydrogen) atoms. The molecule has 0 radical (unpaired) electrons. The van der Waals surface area contributed by atoms with Crippen LogP contribution in [0.5, 0.6) is 17.4 Å². The second kappa shape index (κ2) is 10.3. The van der Waals surface area contributed by atoms with Gasteiger partial charge in [0.25, 0.3) is 17.2 Å². The summed E-state index contributed by atoms with van der Waals surface area (Å²) in [5.41, 5.74) is -0.598. The highest BCUT2D eigenvalue weighted by atomic mass is 35.5. The van der Waals surface area contributed by atoms with Crippen molar-refractivity contribution in [2.24, 2.45) is 0 Å².